The van der Waals surface area contributed by atoms with E-state index in [2.05, 4.69) is 105 Å². The normalized spacial score (nSPS) is 11.5. The predicted octanol–water partition coefficient (Wildman–Crippen LogP) is 21.6. The summed E-state index contributed by atoms with van der Waals surface area (Å²) in [5.41, 5.74) is 20.2. The van der Waals surface area contributed by atoms with Gasteiger partial charge in [0, 0.05) is 204 Å². The molecule has 35 heteroatoms. The summed E-state index contributed by atoms with van der Waals surface area (Å²) in [6.07, 6.45) is 20.9. The third-order valence-electron chi connectivity index (χ3n) is 17.8. The highest BCUT2D eigenvalue weighted by atomic mass is 35.7. The summed E-state index contributed by atoms with van der Waals surface area (Å²) in [6, 6.07) is 31.7. The monoisotopic (exact) mass is 1850 g/mol. The number of aliphatic hydroxyl groups is 3. The number of aliphatic hydroxyl groups excluding tert-OH is 3. The Morgan fingerprint density at radius 3 is 1.02 bits per heavy atom. The highest BCUT2D eigenvalue weighted by molar-refractivity contribution is 8.13. The van der Waals surface area contributed by atoms with Gasteiger partial charge in [0.1, 0.15) is 28.8 Å². The number of carbonyl (C=O) groups is 1. The quantitative estimate of drug-likeness (QED) is 0.0105. The van der Waals surface area contributed by atoms with Gasteiger partial charge in [-0.3, -0.25) is 44.1 Å². The van der Waals surface area contributed by atoms with E-state index in [-0.39, 0.29) is 67.6 Å². The first-order chi connectivity index (χ1) is 58.6. The molecule has 0 bridgehead atoms. The van der Waals surface area contributed by atoms with E-state index in [9.17, 15) is 49.4 Å². The molecule has 0 radical (unpaired) electrons. The first-order valence-corrected chi connectivity index (χ1v) is 44.5. The Kier molecular flexibility index (Phi) is 40.9. The van der Waals surface area contributed by atoms with E-state index in [4.69, 9.17) is 66.2 Å². The van der Waals surface area contributed by atoms with Gasteiger partial charge < -0.3 is 52.4 Å². The summed E-state index contributed by atoms with van der Waals surface area (Å²) in [6.45, 7) is 20.9. The Balaban J connectivity index is 0.000000247. The summed E-state index contributed by atoms with van der Waals surface area (Å²) in [5.74, 6) is -1.39. The number of nitrogens with two attached hydrogens (primary N) is 1. The minimum Gasteiger partial charge on any atom is -0.465 e. The molecule has 0 aliphatic heterocycles. The molecular weight excluding hydrogens is 1750 g/mol. The van der Waals surface area contributed by atoms with Crippen molar-refractivity contribution in [3.05, 3.63) is 284 Å². The van der Waals surface area contributed by atoms with Gasteiger partial charge in [-0.25, -0.2) is 30.8 Å². The number of carbonyl (C=O) groups excluding carboxylic acids is 1. The van der Waals surface area contributed by atoms with Crippen LogP contribution in [0.2, 0.25) is 20.1 Å². The molecule has 12 rings (SSSR count). The SMILES string of the molecule is C.CC(C)c1cnc(-c2cc(Cl)ccc2F)cc1Nc1ccncc1CNC[C@H](C)O.CC(C)c1cnc(-c2cc(Cl)ccc2F)cc1Nc1ccncc1CO.CC(C)c1cnc(-c2cc(Cl)ccc2F)cc1Nc1ccncc1COS(C)(=O)=O.COC(=O)c1cnccc1Nc1cc(-c2cc(Cl)ccc2F)ncc1C(C)C.CS(=O)(=O)Cl.C[C@H](O)CN. The number of hydrogen-bond acceptors (Lipinski definition) is 24. The molecule has 0 fully saturated rings. The highest BCUT2D eigenvalue weighted by Gasteiger charge is 2.22. The lowest BCUT2D eigenvalue weighted by Gasteiger charge is -2.18. The summed E-state index contributed by atoms with van der Waals surface area (Å²) in [7, 11) is -0.986. The summed E-state index contributed by atoms with van der Waals surface area (Å²) in [4.78, 5) is 46.0. The Morgan fingerprint density at radius 2 is 0.728 bits per heavy atom. The van der Waals surface area contributed by atoms with Gasteiger partial charge in [-0.1, -0.05) is 109 Å². The molecule has 12 aromatic rings. The maximum atomic E-state index is 14.4. The molecule has 0 aliphatic rings. The molecule has 8 aromatic heterocycles. The van der Waals surface area contributed by atoms with Crippen LogP contribution in [0.1, 0.15) is 150 Å². The number of rotatable bonds is 26. The van der Waals surface area contributed by atoms with E-state index in [0.29, 0.717) is 119 Å². The van der Waals surface area contributed by atoms with Crippen LogP contribution in [-0.2, 0) is 47.8 Å². The molecule has 24 nitrogen and oxygen atoms in total. The molecule has 0 amide bonds. The largest absolute Gasteiger partial charge is 0.465 e. The lowest BCUT2D eigenvalue weighted by molar-refractivity contribution is 0.0601. The predicted molar refractivity (Wildman–Crippen MR) is 493 cm³/mol. The van der Waals surface area contributed by atoms with Crippen molar-refractivity contribution < 1.29 is 63.4 Å². The Morgan fingerprint density at radius 1 is 0.440 bits per heavy atom. The Labute approximate surface area is 751 Å². The van der Waals surface area contributed by atoms with Crippen LogP contribution in [0.4, 0.5) is 63.1 Å². The van der Waals surface area contributed by atoms with Crippen molar-refractivity contribution in [3.8, 4) is 45.0 Å². The van der Waals surface area contributed by atoms with Gasteiger partial charge in [0.05, 0.1) is 73.5 Å². The van der Waals surface area contributed by atoms with Crippen LogP contribution in [0.25, 0.3) is 45.0 Å². The number of anilines is 8. The minimum absolute atomic E-state index is 0. The fraction of sp³-hybridized carbons (Fsp3) is 0.278. The van der Waals surface area contributed by atoms with E-state index in [1.807, 2.05) is 39.8 Å². The van der Waals surface area contributed by atoms with Crippen LogP contribution in [0.5, 0.6) is 0 Å². The fourth-order valence-corrected chi connectivity index (χ4v) is 12.5. The van der Waals surface area contributed by atoms with Crippen LogP contribution in [0, 0.1) is 23.3 Å². The summed E-state index contributed by atoms with van der Waals surface area (Å²) in [5, 5.41) is 45.5. The number of esters is 1. The minimum atomic E-state index is -3.60. The standard InChI is InChI=1S/C23H26ClFN4O.C21H21ClFN3O3S.C21H19ClFN3O2.C20H19ClFN3O.C3H9NO.CH3ClO2S.CH4/c1-14(2)19-13-28-22(18-8-17(24)4-5-20(18)25)9-23(19)29-21-6-7-26-11-16(21)12-27-10-15(3)30;1-13(2)17-11-25-20(16-8-15(22)4-5-18(16)23)9-21(17)26-19-6-7-24-10-14(19)12-29-30(3,27)28;1-12(2)15-11-25-19(14-8-13(22)4-5-17(14)23)9-20(15)26-18-6-7-24-10-16(18)21(27)28-3;1-12(2)16-10-24-19(15-7-14(21)3-4-17(15)22)8-20(16)25-18-5-6-23-9-13(18)11-26;1-3(5)2-4;1-5(2,3)4;/h4-9,11,13-15,27,30H,10,12H2,1-3H3,(H,26,28,29);4-11,13H,12H2,1-3H3,(H,24,25,26);4-12H,1-3H3,(H,24,25,26);3-10,12,26H,11H2,1-2H3,(H,23,24,25);3,5H,2,4H2,1H3;1H3;1H4/t15-;;;;3-;;/m0...0../s1. The van der Waals surface area contributed by atoms with Gasteiger partial charge in [-0.05, 0) is 181 Å². The fourth-order valence-electron chi connectivity index (χ4n) is 11.5. The Hall–Kier alpha value is -10.4. The van der Waals surface area contributed by atoms with E-state index in [0.717, 1.165) is 63.1 Å². The van der Waals surface area contributed by atoms with Gasteiger partial charge in [-0.2, -0.15) is 8.42 Å². The molecule has 0 aliphatic carbocycles. The van der Waals surface area contributed by atoms with Gasteiger partial charge in [0.2, 0.25) is 9.05 Å². The second kappa shape index (κ2) is 49.5. The van der Waals surface area contributed by atoms with Crippen LogP contribution < -0.4 is 32.3 Å². The molecule has 666 valence electrons. The average Bonchev–Trinajstić information content (AvgIpc) is 0.814. The zero-order chi connectivity index (χ0) is 91.3. The Bertz CT molecular complexity index is 5830. The molecule has 0 saturated heterocycles. The number of halogens is 9. The molecule has 0 unspecified atom stereocenters. The third kappa shape index (κ3) is 32.8. The van der Waals surface area contributed by atoms with Crippen LogP contribution >= 0.6 is 57.1 Å². The summed E-state index contributed by atoms with van der Waals surface area (Å²) < 4.78 is 109. The highest BCUT2D eigenvalue weighted by Crippen LogP contribution is 2.39. The van der Waals surface area contributed by atoms with Crippen molar-refractivity contribution in [3.63, 3.8) is 0 Å². The molecule has 8 heterocycles. The van der Waals surface area contributed by atoms with Crippen LogP contribution in [0.15, 0.2) is 196 Å². The molecular formula is C90H101Cl5F4N14O10S2. The lowest BCUT2D eigenvalue weighted by atomic mass is 10.0. The zero-order valence-corrected chi connectivity index (χ0v) is 75.5. The van der Waals surface area contributed by atoms with Crippen molar-refractivity contribution >= 4 is 128 Å². The van der Waals surface area contributed by atoms with Gasteiger partial charge in [0.25, 0.3) is 10.1 Å². The molecule has 125 heavy (non-hydrogen) atoms. The second-order valence-electron chi connectivity index (χ2n) is 29.1. The maximum absolute atomic E-state index is 14.4. The first-order valence-electron chi connectivity index (χ1n) is 38.5. The van der Waals surface area contributed by atoms with Gasteiger partial charge in [-0.15, -0.1) is 0 Å². The maximum Gasteiger partial charge on any atom is 0.341 e. The second-order valence-corrected chi connectivity index (χ2v) is 35.6. The van der Waals surface area contributed by atoms with Crippen molar-refractivity contribution in [1.29, 1.82) is 0 Å². The molecule has 2 atom stereocenters. The van der Waals surface area contributed by atoms with Crippen LogP contribution in [-0.4, -0.2) is 123 Å². The van der Waals surface area contributed by atoms with E-state index in [1.165, 1.54) is 80.2 Å². The van der Waals surface area contributed by atoms with Gasteiger partial charge >= 0.3 is 5.97 Å². The topological polar surface area (TPSA) is 354 Å². The molecule has 4 aromatic carbocycles. The van der Waals surface area contributed by atoms with Crippen molar-refractivity contribution in [2.24, 2.45) is 5.73 Å². The van der Waals surface area contributed by atoms with Gasteiger partial charge in [0.15, 0.2) is 0 Å². The third-order valence-corrected chi connectivity index (χ3v) is 19.2. The van der Waals surface area contributed by atoms with Crippen LogP contribution in [0.3, 0.4) is 0 Å². The zero-order valence-electron chi connectivity index (χ0n) is 70.0. The number of nitrogens with one attached hydrogen (secondary N) is 5. The van der Waals surface area contributed by atoms with Crippen molar-refractivity contribution in [2.75, 3.05) is 54.0 Å². The molecule has 0 saturated carbocycles. The van der Waals surface area contributed by atoms with E-state index < -0.39 is 42.9 Å². The summed E-state index contributed by atoms with van der Waals surface area (Å²) >= 11 is 24.1. The number of pyridine rings is 8. The van der Waals surface area contributed by atoms with E-state index >= 15 is 0 Å². The van der Waals surface area contributed by atoms with Crippen molar-refractivity contribution in [1.82, 2.24) is 45.2 Å². The lowest BCUT2D eigenvalue weighted by Crippen LogP contribution is -2.24. The number of ether oxygens (including phenoxy) is 1. The number of benzene rings is 4. The van der Waals surface area contributed by atoms with Crippen molar-refractivity contribution in [2.45, 2.75) is 132 Å². The van der Waals surface area contributed by atoms with E-state index in [1.54, 1.807) is 124 Å². The first kappa shape index (κ1) is 103. The number of methoxy groups -OCH3 is 1. The molecule has 0 spiro atoms. The number of aromatic nitrogens is 8. The average molecular weight is 1860 g/mol. The number of hydrogen-bond donors (Lipinski definition) is 9. The number of nitrogens with zero attached hydrogens (tertiary/aromatic N) is 8. The molecule has 10 N–H and O–H groups in total. The smallest absolute Gasteiger partial charge is 0.341 e.